The number of aliphatic hydroxyl groups excluding tert-OH is 1. The van der Waals surface area contributed by atoms with Gasteiger partial charge in [-0.3, -0.25) is 4.79 Å². The molecule has 4 heteroatoms. The Morgan fingerprint density at radius 3 is 1.73 bits per heavy atom. The first kappa shape index (κ1) is 27.1. The Morgan fingerprint density at radius 2 is 1.40 bits per heavy atom. The number of aliphatic hydroxyl groups is 1. The summed E-state index contributed by atoms with van der Waals surface area (Å²) in [5.41, 5.74) is 8.94. The number of hydrogen-bond donors (Lipinski definition) is 3. The standard InChI is InChI=1S/C12H13N.C9H6O.C3H7N.CH4O.CH4/c1-2-10-3-5-11(6-4-10)9-13-12-7-8-12;1-2-8-3-5-9(7-10)6-4-8;4-3-1-2-3;1-2;/h1,3-6,12-13H,7-9H2;1,3-7H;3H,1-2,4H2;2H,1H3;1H4. The molecule has 2 saturated carbocycles. The van der Waals surface area contributed by atoms with Crippen LogP contribution < -0.4 is 11.1 Å². The number of aldehydes is 1. The molecule has 0 aromatic heterocycles. The van der Waals surface area contributed by atoms with E-state index in [1.54, 1.807) is 24.3 Å². The molecular weight excluding hydrogens is 372 g/mol. The van der Waals surface area contributed by atoms with Crippen molar-refractivity contribution in [2.24, 2.45) is 5.73 Å². The van der Waals surface area contributed by atoms with E-state index in [0.717, 1.165) is 37.1 Å². The van der Waals surface area contributed by atoms with E-state index in [2.05, 4.69) is 29.3 Å². The number of carbonyl (C=O) groups excluding carboxylic acids is 1. The lowest BCUT2D eigenvalue weighted by Gasteiger charge is -2.02. The van der Waals surface area contributed by atoms with Gasteiger partial charge in [0.05, 0.1) is 0 Å². The highest BCUT2D eigenvalue weighted by molar-refractivity contribution is 5.74. The van der Waals surface area contributed by atoms with Crippen LogP contribution in [0.4, 0.5) is 0 Å². The lowest BCUT2D eigenvalue weighted by Crippen LogP contribution is -2.15. The molecule has 0 amide bonds. The molecule has 30 heavy (non-hydrogen) atoms. The fraction of sp³-hybridized carbons (Fsp3) is 0.346. The zero-order valence-corrected chi connectivity index (χ0v) is 17.0. The molecule has 2 aliphatic rings. The van der Waals surface area contributed by atoms with Gasteiger partial charge in [0.25, 0.3) is 0 Å². The molecule has 0 aliphatic heterocycles. The molecular formula is C26H34N2O2. The summed E-state index contributed by atoms with van der Waals surface area (Å²) in [7, 11) is 1.00. The van der Waals surface area contributed by atoms with Gasteiger partial charge in [-0.1, -0.05) is 43.5 Å². The number of terminal acetylenes is 2. The second-order valence-electron chi connectivity index (χ2n) is 6.72. The SMILES string of the molecule is C.C#Cc1ccc(C=O)cc1.C#Cc1ccc(CNC2CC2)cc1.CO.NC1CC1. The summed E-state index contributed by atoms with van der Waals surface area (Å²) < 4.78 is 0. The van der Waals surface area contributed by atoms with E-state index in [4.69, 9.17) is 23.7 Å². The Bertz CT molecular complexity index is 791. The molecule has 2 aromatic carbocycles. The average Bonchev–Trinajstić information content (AvgIpc) is 3.73. The Labute approximate surface area is 181 Å². The van der Waals surface area contributed by atoms with E-state index >= 15 is 0 Å². The van der Waals surface area contributed by atoms with Gasteiger partial charge >= 0.3 is 0 Å². The number of rotatable bonds is 4. The topological polar surface area (TPSA) is 75.3 Å². The molecule has 4 N–H and O–H groups in total. The Balaban J connectivity index is 0.000000439. The predicted molar refractivity (Wildman–Crippen MR) is 126 cm³/mol. The first-order chi connectivity index (χ1) is 14.1. The molecule has 0 unspecified atom stereocenters. The van der Waals surface area contributed by atoms with Gasteiger partial charge in [-0.25, -0.2) is 0 Å². The van der Waals surface area contributed by atoms with Crippen molar-refractivity contribution < 1.29 is 9.90 Å². The zero-order chi connectivity index (χ0) is 21.5. The quantitative estimate of drug-likeness (QED) is 0.534. The molecule has 4 rings (SSSR count). The normalized spacial score (nSPS) is 13.1. The molecule has 0 radical (unpaired) electrons. The summed E-state index contributed by atoms with van der Waals surface area (Å²) in [4.78, 5) is 10.2. The van der Waals surface area contributed by atoms with E-state index in [1.807, 2.05) is 12.1 Å². The maximum Gasteiger partial charge on any atom is 0.150 e. The third-order valence-corrected chi connectivity index (χ3v) is 4.13. The Kier molecular flexibility index (Phi) is 14.4. The second kappa shape index (κ2) is 16.0. The highest BCUT2D eigenvalue weighted by atomic mass is 16.2. The van der Waals surface area contributed by atoms with Gasteiger partial charge in [0, 0.05) is 42.4 Å². The molecule has 2 aliphatic carbocycles. The molecule has 0 bridgehead atoms. The van der Waals surface area contributed by atoms with Gasteiger partial charge < -0.3 is 16.2 Å². The summed E-state index contributed by atoms with van der Waals surface area (Å²) in [6.07, 6.45) is 16.4. The van der Waals surface area contributed by atoms with Gasteiger partial charge in [0.1, 0.15) is 6.29 Å². The van der Waals surface area contributed by atoms with Crippen LogP contribution in [0.1, 0.15) is 60.2 Å². The van der Waals surface area contributed by atoms with Gasteiger partial charge in [0.15, 0.2) is 0 Å². The average molecular weight is 407 g/mol. The molecule has 0 heterocycles. The van der Waals surface area contributed by atoms with Crippen molar-refractivity contribution in [1.82, 2.24) is 5.32 Å². The van der Waals surface area contributed by atoms with Crippen molar-refractivity contribution >= 4 is 6.29 Å². The summed E-state index contributed by atoms with van der Waals surface area (Å²) >= 11 is 0. The highest BCUT2D eigenvalue weighted by Gasteiger charge is 2.19. The number of nitrogens with two attached hydrogens (primary N) is 1. The first-order valence-electron chi connectivity index (χ1n) is 9.65. The van der Waals surface area contributed by atoms with Gasteiger partial charge in [-0.15, -0.1) is 12.8 Å². The van der Waals surface area contributed by atoms with Crippen molar-refractivity contribution in [3.05, 3.63) is 70.8 Å². The van der Waals surface area contributed by atoms with Crippen LogP contribution in [0, 0.1) is 24.7 Å². The molecule has 0 spiro atoms. The van der Waals surface area contributed by atoms with Crippen molar-refractivity contribution in [3.63, 3.8) is 0 Å². The third kappa shape index (κ3) is 12.5. The molecule has 2 aromatic rings. The largest absolute Gasteiger partial charge is 0.400 e. The highest BCUT2D eigenvalue weighted by Crippen LogP contribution is 2.19. The third-order valence-electron chi connectivity index (χ3n) is 4.13. The van der Waals surface area contributed by atoms with Gasteiger partial charge in [-0.05, 0) is 55.5 Å². The Morgan fingerprint density at radius 1 is 0.967 bits per heavy atom. The monoisotopic (exact) mass is 406 g/mol. The number of benzene rings is 2. The minimum atomic E-state index is 0. The van der Waals surface area contributed by atoms with E-state index in [9.17, 15) is 4.79 Å². The maximum absolute atomic E-state index is 10.2. The van der Waals surface area contributed by atoms with Crippen LogP contribution in [0.2, 0.25) is 0 Å². The van der Waals surface area contributed by atoms with E-state index in [0.29, 0.717) is 11.6 Å². The minimum absolute atomic E-state index is 0. The van der Waals surface area contributed by atoms with Crippen LogP contribution >= 0.6 is 0 Å². The zero-order valence-electron chi connectivity index (χ0n) is 17.0. The van der Waals surface area contributed by atoms with Crippen LogP contribution in [-0.4, -0.2) is 30.6 Å². The van der Waals surface area contributed by atoms with Crippen molar-refractivity contribution in [1.29, 1.82) is 0 Å². The molecule has 2 fully saturated rings. The van der Waals surface area contributed by atoms with Crippen LogP contribution in [0.15, 0.2) is 48.5 Å². The van der Waals surface area contributed by atoms with Crippen LogP contribution in [0.3, 0.4) is 0 Å². The summed E-state index contributed by atoms with van der Waals surface area (Å²) in [6.45, 7) is 0.968. The van der Waals surface area contributed by atoms with Crippen molar-refractivity contribution in [3.8, 4) is 24.7 Å². The van der Waals surface area contributed by atoms with Crippen LogP contribution in [0.5, 0.6) is 0 Å². The van der Waals surface area contributed by atoms with E-state index in [1.165, 1.54) is 31.2 Å². The second-order valence-corrected chi connectivity index (χ2v) is 6.72. The Hall–Kier alpha value is -2.89. The fourth-order valence-electron chi connectivity index (χ4n) is 2.02. The molecule has 0 saturated heterocycles. The van der Waals surface area contributed by atoms with Gasteiger partial charge in [-0.2, -0.15) is 0 Å². The first-order valence-corrected chi connectivity index (χ1v) is 9.65. The number of carbonyl (C=O) groups is 1. The summed E-state index contributed by atoms with van der Waals surface area (Å²) in [6, 6.07) is 16.4. The summed E-state index contributed by atoms with van der Waals surface area (Å²) in [5, 5.41) is 10.5. The molecule has 4 nitrogen and oxygen atoms in total. The van der Waals surface area contributed by atoms with Crippen molar-refractivity contribution in [2.45, 2.75) is 51.7 Å². The molecule has 160 valence electrons. The predicted octanol–water partition coefficient (Wildman–Crippen LogP) is 3.75. The smallest absolute Gasteiger partial charge is 0.150 e. The van der Waals surface area contributed by atoms with E-state index in [-0.39, 0.29) is 7.43 Å². The van der Waals surface area contributed by atoms with Gasteiger partial charge in [0.2, 0.25) is 0 Å². The number of nitrogens with one attached hydrogen (secondary N) is 1. The lowest BCUT2D eigenvalue weighted by atomic mass is 10.1. The summed E-state index contributed by atoms with van der Waals surface area (Å²) in [5.74, 6) is 5.07. The van der Waals surface area contributed by atoms with Crippen LogP contribution in [0.25, 0.3) is 0 Å². The molecule has 0 atom stereocenters. The number of hydrogen-bond acceptors (Lipinski definition) is 4. The van der Waals surface area contributed by atoms with Crippen molar-refractivity contribution in [2.75, 3.05) is 7.11 Å². The van der Waals surface area contributed by atoms with Crippen LogP contribution in [-0.2, 0) is 6.54 Å². The lowest BCUT2D eigenvalue weighted by molar-refractivity contribution is 0.112. The van der Waals surface area contributed by atoms with E-state index < -0.39 is 0 Å². The fourth-order valence-corrected chi connectivity index (χ4v) is 2.02. The maximum atomic E-state index is 10.2. The minimum Gasteiger partial charge on any atom is -0.400 e.